The minimum atomic E-state index is 0.130. The van der Waals surface area contributed by atoms with Gasteiger partial charge in [0.15, 0.2) is 5.96 Å². The van der Waals surface area contributed by atoms with E-state index in [1.54, 1.807) is 7.05 Å². The molecule has 1 unspecified atom stereocenters. The van der Waals surface area contributed by atoms with Crippen LogP contribution >= 0.6 is 0 Å². The maximum atomic E-state index is 6.03. The second-order valence-corrected chi connectivity index (χ2v) is 8.28. The van der Waals surface area contributed by atoms with E-state index >= 15 is 0 Å². The lowest BCUT2D eigenvalue weighted by Crippen LogP contribution is -2.46. The molecule has 1 saturated carbocycles. The third-order valence-corrected chi connectivity index (χ3v) is 5.85. The van der Waals surface area contributed by atoms with Crippen LogP contribution in [0.15, 0.2) is 45.8 Å². The minimum Gasteiger partial charge on any atom is -0.493 e. The Morgan fingerprint density at radius 3 is 2.68 bits per heavy atom. The number of furan rings is 1. The second-order valence-electron chi connectivity index (χ2n) is 8.28. The Bertz CT molecular complexity index is 856. The van der Waals surface area contributed by atoms with Gasteiger partial charge in [0.2, 0.25) is 0 Å². The van der Waals surface area contributed by atoms with Gasteiger partial charge in [-0.1, -0.05) is 18.2 Å². The Morgan fingerprint density at radius 2 is 1.97 bits per heavy atom. The van der Waals surface area contributed by atoms with Crippen LogP contribution in [-0.4, -0.2) is 57.4 Å². The van der Waals surface area contributed by atoms with E-state index in [-0.39, 0.29) is 6.04 Å². The standard InChI is InChI=1S/C24H34N4O3/c1-18-7-10-23(31-18)21(28-11-13-29-14-12-28)16-27-24(25-2)26-15-20-5-3-4-6-22(20)30-17-19-8-9-19/h3-7,10,19,21H,8-9,11-17H2,1-2H3,(H2,25,26,27). The molecule has 2 N–H and O–H groups in total. The molecule has 4 rings (SSSR count). The molecule has 0 bridgehead atoms. The summed E-state index contributed by atoms with van der Waals surface area (Å²) in [6.45, 7) is 7.44. The number of hydrogen-bond acceptors (Lipinski definition) is 5. The van der Waals surface area contributed by atoms with E-state index in [1.807, 2.05) is 31.2 Å². The molecule has 1 aliphatic heterocycles. The van der Waals surface area contributed by atoms with Crippen molar-refractivity contribution >= 4 is 5.96 Å². The number of aliphatic imine (C=N–C) groups is 1. The Morgan fingerprint density at radius 1 is 1.16 bits per heavy atom. The Labute approximate surface area is 184 Å². The smallest absolute Gasteiger partial charge is 0.191 e. The van der Waals surface area contributed by atoms with Gasteiger partial charge >= 0.3 is 0 Å². The predicted octanol–water partition coefficient (Wildman–Crippen LogP) is 3.12. The van der Waals surface area contributed by atoms with Crippen LogP contribution in [-0.2, 0) is 11.3 Å². The molecule has 1 aliphatic carbocycles. The Balaban J connectivity index is 1.34. The van der Waals surface area contributed by atoms with Crippen LogP contribution in [0, 0.1) is 12.8 Å². The van der Waals surface area contributed by atoms with Gasteiger partial charge in [0.05, 0.1) is 25.9 Å². The van der Waals surface area contributed by atoms with Gasteiger partial charge in [0.25, 0.3) is 0 Å². The molecule has 31 heavy (non-hydrogen) atoms. The highest BCUT2D eigenvalue weighted by Gasteiger charge is 2.25. The fourth-order valence-electron chi connectivity index (χ4n) is 3.81. The Kier molecular flexibility index (Phi) is 7.48. The van der Waals surface area contributed by atoms with Crippen LogP contribution in [0.25, 0.3) is 0 Å². The average Bonchev–Trinajstić information content (AvgIpc) is 3.54. The molecule has 2 heterocycles. The summed E-state index contributed by atoms with van der Waals surface area (Å²) in [7, 11) is 1.80. The lowest BCUT2D eigenvalue weighted by molar-refractivity contribution is 0.0124. The topological polar surface area (TPSA) is 71.3 Å². The van der Waals surface area contributed by atoms with Crippen molar-refractivity contribution in [2.45, 2.75) is 32.4 Å². The molecular formula is C24H34N4O3. The molecule has 2 aromatic rings. The molecule has 168 valence electrons. The van der Waals surface area contributed by atoms with Crippen molar-refractivity contribution in [3.63, 3.8) is 0 Å². The van der Waals surface area contributed by atoms with E-state index in [2.05, 4.69) is 32.7 Å². The van der Waals surface area contributed by atoms with E-state index in [0.29, 0.717) is 13.1 Å². The van der Waals surface area contributed by atoms with Crippen LogP contribution in [0.1, 0.15) is 36.0 Å². The summed E-state index contributed by atoms with van der Waals surface area (Å²) >= 11 is 0. The maximum absolute atomic E-state index is 6.03. The molecule has 0 spiro atoms. The van der Waals surface area contributed by atoms with Gasteiger partial charge in [-0.25, -0.2) is 0 Å². The number of morpholine rings is 1. The van der Waals surface area contributed by atoms with Crippen molar-refractivity contribution in [2.24, 2.45) is 10.9 Å². The van der Waals surface area contributed by atoms with Crippen molar-refractivity contribution in [2.75, 3.05) is 46.5 Å². The zero-order valence-corrected chi connectivity index (χ0v) is 18.6. The second kappa shape index (κ2) is 10.7. The molecule has 0 radical (unpaired) electrons. The van der Waals surface area contributed by atoms with Gasteiger partial charge in [-0.15, -0.1) is 0 Å². The lowest BCUT2D eigenvalue weighted by atomic mass is 10.1. The highest BCUT2D eigenvalue weighted by atomic mass is 16.5. The molecule has 7 heteroatoms. The van der Waals surface area contributed by atoms with E-state index in [9.17, 15) is 0 Å². The van der Waals surface area contributed by atoms with Gasteiger partial charge < -0.3 is 24.5 Å². The van der Waals surface area contributed by atoms with Crippen LogP contribution in [0.4, 0.5) is 0 Å². The minimum absolute atomic E-state index is 0.130. The quantitative estimate of drug-likeness (QED) is 0.474. The van der Waals surface area contributed by atoms with Crippen LogP contribution in [0.5, 0.6) is 5.75 Å². The summed E-state index contributed by atoms with van der Waals surface area (Å²) in [4.78, 5) is 6.82. The van der Waals surface area contributed by atoms with Crippen molar-refractivity contribution < 1.29 is 13.9 Å². The number of ether oxygens (including phenoxy) is 2. The number of hydrogen-bond donors (Lipinski definition) is 2. The first-order valence-electron chi connectivity index (χ1n) is 11.3. The fourth-order valence-corrected chi connectivity index (χ4v) is 3.81. The SMILES string of the molecule is CN=C(NCc1ccccc1OCC1CC1)NCC(c1ccc(C)o1)N1CCOCC1. The van der Waals surface area contributed by atoms with E-state index in [0.717, 1.165) is 67.6 Å². The summed E-state index contributed by atoms with van der Waals surface area (Å²) in [6, 6.07) is 12.4. The first-order chi connectivity index (χ1) is 15.2. The molecular weight excluding hydrogens is 392 g/mol. The molecule has 1 aromatic carbocycles. The number of aryl methyl sites for hydroxylation is 1. The molecule has 1 aromatic heterocycles. The van der Waals surface area contributed by atoms with Crippen molar-refractivity contribution in [1.29, 1.82) is 0 Å². The van der Waals surface area contributed by atoms with E-state index in [4.69, 9.17) is 13.9 Å². The number of para-hydroxylation sites is 1. The third-order valence-electron chi connectivity index (χ3n) is 5.85. The summed E-state index contributed by atoms with van der Waals surface area (Å²) < 4.78 is 17.5. The lowest BCUT2D eigenvalue weighted by Gasteiger charge is -2.33. The fraction of sp³-hybridized carbons (Fsp3) is 0.542. The molecule has 1 atom stereocenters. The highest BCUT2D eigenvalue weighted by Crippen LogP contribution is 2.30. The zero-order valence-electron chi connectivity index (χ0n) is 18.6. The summed E-state index contributed by atoms with van der Waals surface area (Å²) in [5, 5.41) is 6.91. The number of rotatable bonds is 9. The number of nitrogens with one attached hydrogen (secondary N) is 2. The molecule has 7 nitrogen and oxygen atoms in total. The van der Waals surface area contributed by atoms with Gasteiger partial charge in [-0.3, -0.25) is 9.89 Å². The largest absolute Gasteiger partial charge is 0.493 e. The normalized spacial score (nSPS) is 18.6. The third kappa shape index (κ3) is 6.24. The first-order valence-corrected chi connectivity index (χ1v) is 11.3. The summed E-state index contributed by atoms with van der Waals surface area (Å²) in [6.07, 6.45) is 2.58. The van der Waals surface area contributed by atoms with Gasteiger partial charge in [0.1, 0.15) is 17.3 Å². The molecule has 2 aliphatic rings. The monoisotopic (exact) mass is 426 g/mol. The van der Waals surface area contributed by atoms with Crippen LogP contribution < -0.4 is 15.4 Å². The zero-order chi connectivity index (χ0) is 21.5. The Hall–Kier alpha value is -2.51. The van der Waals surface area contributed by atoms with Gasteiger partial charge in [-0.2, -0.15) is 0 Å². The molecule has 2 fully saturated rings. The maximum Gasteiger partial charge on any atom is 0.191 e. The number of nitrogens with zero attached hydrogens (tertiary/aromatic N) is 2. The van der Waals surface area contributed by atoms with Crippen molar-refractivity contribution in [3.8, 4) is 5.75 Å². The van der Waals surface area contributed by atoms with Crippen molar-refractivity contribution in [1.82, 2.24) is 15.5 Å². The van der Waals surface area contributed by atoms with Crippen LogP contribution in [0.2, 0.25) is 0 Å². The summed E-state index contributed by atoms with van der Waals surface area (Å²) in [5.74, 6) is 4.35. The van der Waals surface area contributed by atoms with Crippen molar-refractivity contribution in [3.05, 3.63) is 53.5 Å². The molecule has 0 amide bonds. The first kappa shape index (κ1) is 21.7. The van der Waals surface area contributed by atoms with E-state index in [1.165, 1.54) is 12.8 Å². The predicted molar refractivity (Wildman–Crippen MR) is 121 cm³/mol. The molecule has 1 saturated heterocycles. The number of guanidine groups is 1. The average molecular weight is 427 g/mol. The van der Waals surface area contributed by atoms with Gasteiger partial charge in [0, 0.05) is 38.8 Å². The highest BCUT2D eigenvalue weighted by molar-refractivity contribution is 5.79. The van der Waals surface area contributed by atoms with Gasteiger partial charge in [-0.05, 0) is 43.9 Å². The van der Waals surface area contributed by atoms with E-state index < -0.39 is 0 Å². The van der Waals surface area contributed by atoms with Crippen LogP contribution in [0.3, 0.4) is 0 Å². The number of benzene rings is 1. The summed E-state index contributed by atoms with van der Waals surface area (Å²) in [5.41, 5.74) is 1.14.